The molecule has 0 rings (SSSR count). The maximum absolute atomic E-state index is 10.8. The van der Waals surface area contributed by atoms with Gasteiger partial charge in [-0.15, -0.1) is 0 Å². The largest absolute Gasteiger partial charge is 0.746 e. The Morgan fingerprint density at radius 1 is 0.808 bits per heavy atom. The second kappa shape index (κ2) is 16.7. The molecule has 0 bridgehead atoms. The van der Waals surface area contributed by atoms with E-state index in [9.17, 15) is 18.1 Å². The highest BCUT2D eigenvalue weighted by atomic mass is 32.2. The maximum atomic E-state index is 10.8. The molecule has 0 aromatic rings. The van der Waals surface area contributed by atoms with Crippen LogP contribution >= 0.6 is 0 Å². The summed E-state index contributed by atoms with van der Waals surface area (Å²) in [5.74, 6) is 0. The first-order chi connectivity index (χ1) is 11.8. The van der Waals surface area contributed by atoms with E-state index in [-0.39, 0.29) is 12.6 Å². The molecule has 0 aliphatic carbocycles. The summed E-state index contributed by atoms with van der Waals surface area (Å²) in [6.07, 6.45) is 21.0. The van der Waals surface area contributed by atoms with Gasteiger partial charge in [-0.2, -0.15) is 0 Å². The van der Waals surface area contributed by atoms with E-state index in [1.54, 1.807) is 0 Å². The Morgan fingerprint density at radius 2 is 1.19 bits per heavy atom. The van der Waals surface area contributed by atoms with Crippen molar-refractivity contribution < 1.29 is 18.1 Å². The van der Waals surface area contributed by atoms with E-state index < -0.39 is 15.1 Å². The Labute approximate surface area is 162 Å². The summed E-state index contributed by atoms with van der Waals surface area (Å²) in [7, 11) is -4.63. The van der Waals surface area contributed by atoms with Crippen LogP contribution in [0.5, 0.6) is 0 Å². The molecular formula is C20H43NO4S. The van der Waals surface area contributed by atoms with E-state index in [1.165, 1.54) is 57.8 Å². The average Bonchev–Trinajstić information content (AvgIpc) is 2.53. The van der Waals surface area contributed by atoms with Crippen LogP contribution in [0.2, 0.25) is 0 Å². The van der Waals surface area contributed by atoms with Crippen molar-refractivity contribution in [2.24, 2.45) is 0 Å². The van der Waals surface area contributed by atoms with Gasteiger partial charge in [0.1, 0.15) is 10.1 Å². The molecule has 6 heteroatoms. The Balaban J connectivity index is 0. The van der Waals surface area contributed by atoms with E-state index in [1.807, 2.05) is 0 Å². The molecule has 0 radical (unpaired) electrons. The molecule has 158 valence electrons. The van der Waals surface area contributed by atoms with Gasteiger partial charge in [-0.1, -0.05) is 76.9 Å². The van der Waals surface area contributed by atoms with Gasteiger partial charge in [-0.3, -0.25) is 0 Å². The average molecular weight is 394 g/mol. The zero-order chi connectivity index (χ0) is 19.0. The molecule has 5 N–H and O–H groups in total. The molecule has 0 aromatic carbocycles. The van der Waals surface area contributed by atoms with Crippen molar-refractivity contribution in [3.63, 3.8) is 0 Å². The fourth-order valence-electron chi connectivity index (χ4n) is 2.83. The highest BCUT2D eigenvalue weighted by molar-refractivity contribution is 7.86. The van der Waals surface area contributed by atoms with Crippen LogP contribution in [-0.4, -0.2) is 23.0 Å². The number of quaternary nitrogens is 1. The van der Waals surface area contributed by atoms with Crippen molar-refractivity contribution >= 4 is 10.1 Å². The normalized spacial score (nSPS) is 14.3. The third kappa shape index (κ3) is 15.8. The fraction of sp³-hybridized carbons (Fsp3) is 0.900. The summed E-state index contributed by atoms with van der Waals surface area (Å²) in [4.78, 5) is -2.12. The van der Waals surface area contributed by atoms with Crippen LogP contribution in [0.15, 0.2) is 12.2 Å². The van der Waals surface area contributed by atoms with Gasteiger partial charge >= 0.3 is 0 Å². The molecule has 0 saturated heterocycles. The zero-order valence-corrected chi connectivity index (χ0v) is 18.2. The van der Waals surface area contributed by atoms with E-state index in [0.29, 0.717) is 6.42 Å². The lowest BCUT2D eigenvalue weighted by Gasteiger charge is -2.26. The van der Waals surface area contributed by atoms with Gasteiger partial charge in [0.25, 0.3) is 0 Å². The van der Waals surface area contributed by atoms with Gasteiger partial charge in [0.15, 0.2) is 4.93 Å². The summed E-state index contributed by atoms with van der Waals surface area (Å²) in [5.41, 5.74) is 0. The van der Waals surface area contributed by atoms with E-state index in [2.05, 4.69) is 19.1 Å². The molecule has 0 amide bonds. The lowest BCUT2D eigenvalue weighted by Crippen LogP contribution is -2.34. The molecule has 0 spiro atoms. The van der Waals surface area contributed by atoms with Crippen molar-refractivity contribution in [1.82, 2.24) is 6.15 Å². The third-order valence-corrected chi connectivity index (χ3v) is 5.97. The molecule has 0 aliphatic heterocycles. The summed E-state index contributed by atoms with van der Waals surface area (Å²) in [5, 5.41) is 9.56. The van der Waals surface area contributed by atoms with Crippen molar-refractivity contribution in [2.45, 2.75) is 115 Å². The predicted octanol–water partition coefficient (Wildman–Crippen LogP) is 6.04. The second-order valence-electron chi connectivity index (χ2n) is 7.32. The molecule has 1 unspecified atom stereocenters. The smallest absolute Gasteiger partial charge is 0.151 e. The van der Waals surface area contributed by atoms with Gasteiger partial charge in [0.2, 0.25) is 0 Å². The standard InChI is InChI=1S/C20H40O4S.H3N/c1-3-4-5-6-7-8-9-10-11-12-13-14-15-16-17-18-19-20(2,21)25(22,23)24;/h10-11,21H,3-9,12-19H2,1-2H3,(H,22,23,24);1H3/b11-10-;. The molecule has 0 fully saturated rings. The van der Waals surface area contributed by atoms with E-state index >= 15 is 0 Å². The summed E-state index contributed by atoms with van der Waals surface area (Å²) in [6, 6.07) is 0. The minimum atomic E-state index is -4.63. The van der Waals surface area contributed by atoms with E-state index in [4.69, 9.17) is 0 Å². The zero-order valence-electron chi connectivity index (χ0n) is 17.3. The Bertz CT molecular complexity index is 433. The molecule has 0 saturated carbocycles. The van der Waals surface area contributed by atoms with Crippen LogP contribution in [-0.2, 0) is 10.1 Å². The highest BCUT2D eigenvalue weighted by Gasteiger charge is 2.27. The Morgan fingerprint density at radius 3 is 1.62 bits per heavy atom. The number of aliphatic hydroxyl groups is 1. The number of unbranched alkanes of at least 4 members (excludes halogenated alkanes) is 12. The molecule has 26 heavy (non-hydrogen) atoms. The summed E-state index contributed by atoms with van der Waals surface area (Å²) in [6.45, 7) is 3.34. The first-order valence-corrected chi connectivity index (χ1v) is 11.5. The van der Waals surface area contributed by atoms with Crippen molar-refractivity contribution in [1.29, 1.82) is 0 Å². The van der Waals surface area contributed by atoms with Crippen LogP contribution < -0.4 is 6.15 Å². The van der Waals surface area contributed by atoms with Crippen molar-refractivity contribution in [2.75, 3.05) is 0 Å². The quantitative estimate of drug-likeness (QED) is 0.178. The number of rotatable bonds is 17. The topological polar surface area (TPSA) is 114 Å². The first-order valence-electron chi connectivity index (χ1n) is 10.1. The van der Waals surface area contributed by atoms with E-state index in [0.717, 1.165) is 32.6 Å². The van der Waals surface area contributed by atoms with Gasteiger partial charge < -0.3 is 15.8 Å². The number of hydrogen-bond acceptors (Lipinski definition) is 4. The Hall–Kier alpha value is -0.430. The van der Waals surface area contributed by atoms with Crippen LogP contribution in [0.1, 0.15) is 110 Å². The highest BCUT2D eigenvalue weighted by Crippen LogP contribution is 2.20. The number of allylic oxidation sites excluding steroid dienone is 2. The van der Waals surface area contributed by atoms with Gasteiger partial charge in [0, 0.05) is 0 Å². The molecule has 0 aromatic heterocycles. The van der Waals surface area contributed by atoms with Crippen molar-refractivity contribution in [3.05, 3.63) is 12.2 Å². The van der Waals surface area contributed by atoms with Gasteiger partial charge in [0.05, 0.1) is 0 Å². The molecule has 1 atom stereocenters. The van der Waals surface area contributed by atoms with Crippen LogP contribution in [0.25, 0.3) is 0 Å². The number of hydrogen-bond donors (Lipinski definition) is 2. The van der Waals surface area contributed by atoms with Crippen LogP contribution in [0.4, 0.5) is 0 Å². The second-order valence-corrected chi connectivity index (χ2v) is 9.10. The SMILES string of the molecule is CCCCCCCC/C=C\CCCCCCCCC(C)(O)S(=O)(=O)[O-].[NH4+]. The van der Waals surface area contributed by atoms with Crippen molar-refractivity contribution in [3.8, 4) is 0 Å². The fourth-order valence-corrected chi connectivity index (χ4v) is 3.22. The predicted molar refractivity (Wildman–Crippen MR) is 110 cm³/mol. The molecule has 0 aliphatic rings. The maximum Gasteiger partial charge on any atom is 0.151 e. The lowest BCUT2D eigenvalue weighted by molar-refractivity contribution is 0.118. The molecular weight excluding hydrogens is 350 g/mol. The first kappa shape index (κ1) is 27.8. The van der Waals surface area contributed by atoms with Gasteiger partial charge in [-0.25, -0.2) is 8.42 Å². The third-order valence-electron chi connectivity index (χ3n) is 4.69. The van der Waals surface area contributed by atoms with Crippen LogP contribution in [0, 0.1) is 0 Å². The molecule has 5 nitrogen and oxygen atoms in total. The van der Waals surface area contributed by atoms with Crippen LogP contribution in [0.3, 0.4) is 0 Å². The van der Waals surface area contributed by atoms with Gasteiger partial charge in [-0.05, 0) is 45.4 Å². The monoisotopic (exact) mass is 393 g/mol. The minimum Gasteiger partial charge on any atom is -0.746 e. The summed E-state index contributed by atoms with van der Waals surface area (Å²) >= 11 is 0. The summed E-state index contributed by atoms with van der Waals surface area (Å²) < 4.78 is 32.5. The molecule has 0 heterocycles. The lowest BCUT2D eigenvalue weighted by atomic mass is 10.1. The Kier molecular flexibility index (Phi) is 17.9. The minimum absolute atomic E-state index is 0.